The summed E-state index contributed by atoms with van der Waals surface area (Å²) in [5, 5.41) is 9.00. The van der Waals surface area contributed by atoms with Gasteiger partial charge in [-0.2, -0.15) is 5.26 Å². The number of ether oxygens (including phenoxy) is 1. The molecular weight excluding hydrogens is 210 g/mol. The highest BCUT2D eigenvalue weighted by Gasteiger charge is 2.21. The molecule has 0 radical (unpaired) electrons. The van der Waals surface area contributed by atoms with Crippen LogP contribution in [0.15, 0.2) is 24.3 Å². The van der Waals surface area contributed by atoms with Crippen LogP contribution in [-0.2, 0) is 11.3 Å². The van der Waals surface area contributed by atoms with E-state index in [1.165, 1.54) is 19.3 Å². The molecule has 2 unspecified atom stereocenters. The fourth-order valence-corrected chi connectivity index (χ4v) is 2.48. The second kappa shape index (κ2) is 5.84. The van der Waals surface area contributed by atoms with E-state index in [-0.39, 0.29) is 0 Å². The summed E-state index contributed by atoms with van der Waals surface area (Å²) in [6.07, 6.45) is 5.40. The molecule has 1 aliphatic carbocycles. The van der Waals surface area contributed by atoms with E-state index in [0.29, 0.717) is 18.6 Å². The van der Waals surface area contributed by atoms with E-state index in [4.69, 9.17) is 10.00 Å². The van der Waals surface area contributed by atoms with Gasteiger partial charge in [-0.1, -0.05) is 38.0 Å². The third kappa shape index (κ3) is 3.08. The monoisotopic (exact) mass is 229 g/mol. The van der Waals surface area contributed by atoms with E-state index in [1.54, 1.807) is 0 Å². The summed E-state index contributed by atoms with van der Waals surface area (Å²) in [5.41, 5.74) is 1.74. The first-order valence-electron chi connectivity index (χ1n) is 6.41. The highest BCUT2D eigenvalue weighted by atomic mass is 16.5. The minimum absolute atomic E-state index is 0.371. The SMILES string of the molecule is CC1CCCCC1OCc1ccccc1C#N. The smallest absolute Gasteiger partial charge is 0.0995 e. The maximum absolute atomic E-state index is 9.00. The third-order valence-electron chi connectivity index (χ3n) is 3.62. The van der Waals surface area contributed by atoms with Gasteiger partial charge in [-0.15, -0.1) is 0 Å². The Morgan fingerprint density at radius 3 is 2.82 bits per heavy atom. The largest absolute Gasteiger partial charge is 0.373 e. The maximum atomic E-state index is 9.00. The summed E-state index contributed by atoms with van der Waals surface area (Å²) in [6.45, 7) is 2.83. The van der Waals surface area contributed by atoms with E-state index >= 15 is 0 Å². The molecule has 0 N–H and O–H groups in total. The molecule has 2 atom stereocenters. The van der Waals surface area contributed by atoms with Gasteiger partial charge in [0.2, 0.25) is 0 Å². The highest BCUT2D eigenvalue weighted by Crippen LogP contribution is 2.27. The van der Waals surface area contributed by atoms with Crippen molar-refractivity contribution < 1.29 is 4.74 Å². The molecule has 2 heteroatoms. The molecule has 1 saturated carbocycles. The molecule has 17 heavy (non-hydrogen) atoms. The van der Waals surface area contributed by atoms with E-state index in [1.807, 2.05) is 24.3 Å². The molecule has 2 nitrogen and oxygen atoms in total. The van der Waals surface area contributed by atoms with Crippen molar-refractivity contribution in [3.05, 3.63) is 35.4 Å². The Morgan fingerprint density at radius 2 is 2.06 bits per heavy atom. The lowest BCUT2D eigenvalue weighted by atomic mass is 9.88. The van der Waals surface area contributed by atoms with Gasteiger partial charge >= 0.3 is 0 Å². The molecule has 0 spiro atoms. The van der Waals surface area contributed by atoms with Gasteiger partial charge in [-0.25, -0.2) is 0 Å². The Morgan fingerprint density at radius 1 is 1.29 bits per heavy atom. The summed E-state index contributed by atoms with van der Waals surface area (Å²) < 4.78 is 5.97. The highest BCUT2D eigenvalue weighted by molar-refractivity contribution is 5.36. The first-order valence-corrected chi connectivity index (χ1v) is 6.41. The van der Waals surface area contributed by atoms with Crippen molar-refractivity contribution >= 4 is 0 Å². The molecule has 0 aromatic heterocycles. The molecule has 1 fully saturated rings. The average molecular weight is 229 g/mol. The molecule has 90 valence electrons. The number of nitriles is 1. The van der Waals surface area contributed by atoms with Crippen LogP contribution in [0.1, 0.15) is 43.7 Å². The molecular formula is C15H19NO. The van der Waals surface area contributed by atoms with Crippen molar-refractivity contribution in [2.24, 2.45) is 5.92 Å². The molecule has 1 aromatic rings. The minimum Gasteiger partial charge on any atom is -0.373 e. The van der Waals surface area contributed by atoms with Crippen LogP contribution in [0.5, 0.6) is 0 Å². The van der Waals surface area contributed by atoms with Gasteiger partial charge in [0.1, 0.15) is 0 Å². The van der Waals surface area contributed by atoms with Crippen molar-refractivity contribution in [3.63, 3.8) is 0 Å². The second-order valence-corrected chi connectivity index (χ2v) is 4.88. The van der Waals surface area contributed by atoms with Gasteiger partial charge in [0, 0.05) is 0 Å². The lowest BCUT2D eigenvalue weighted by molar-refractivity contribution is -0.0155. The maximum Gasteiger partial charge on any atom is 0.0995 e. The van der Waals surface area contributed by atoms with Gasteiger partial charge in [-0.3, -0.25) is 0 Å². The van der Waals surface area contributed by atoms with E-state index < -0.39 is 0 Å². The molecule has 0 saturated heterocycles. The topological polar surface area (TPSA) is 33.0 Å². The zero-order valence-electron chi connectivity index (χ0n) is 10.4. The van der Waals surface area contributed by atoms with Crippen LogP contribution in [0.25, 0.3) is 0 Å². The van der Waals surface area contributed by atoms with Gasteiger partial charge in [-0.05, 0) is 30.4 Å². The lowest BCUT2D eigenvalue weighted by Crippen LogP contribution is -2.25. The zero-order valence-corrected chi connectivity index (χ0v) is 10.4. The summed E-state index contributed by atoms with van der Waals surface area (Å²) in [6, 6.07) is 9.90. The minimum atomic E-state index is 0.371. The standard InChI is InChI=1S/C15H19NO/c1-12-6-2-5-9-15(12)17-11-14-8-4-3-7-13(14)10-16/h3-4,7-8,12,15H,2,5-6,9,11H2,1H3. The first kappa shape index (κ1) is 12.1. The van der Waals surface area contributed by atoms with Crippen molar-refractivity contribution in [2.45, 2.75) is 45.3 Å². The van der Waals surface area contributed by atoms with Crippen LogP contribution >= 0.6 is 0 Å². The van der Waals surface area contributed by atoms with Crippen molar-refractivity contribution in [1.82, 2.24) is 0 Å². The molecule has 2 rings (SSSR count). The predicted molar refractivity (Wildman–Crippen MR) is 67.4 cm³/mol. The Kier molecular flexibility index (Phi) is 4.17. The van der Waals surface area contributed by atoms with Crippen molar-refractivity contribution in [2.75, 3.05) is 0 Å². The van der Waals surface area contributed by atoms with Crippen LogP contribution < -0.4 is 0 Å². The van der Waals surface area contributed by atoms with Crippen LogP contribution in [0.4, 0.5) is 0 Å². The molecule has 1 aromatic carbocycles. The Labute approximate surface area is 103 Å². The second-order valence-electron chi connectivity index (χ2n) is 4.88. The quantitative estimate of drug-likeness (QED) is 0.792. The van der Waals surface area contributed by atoms with Gasteiger partial charge in [0.25, 0.3) is 0 Å². The molecule has 0 amide bonds. The van der Waals surface area contributed by atoms with E-state index in [2.05, 4.69) is 13.0 Å². The lowest BCUT2D eigenvalue weighted by Gasteiger charge is -2.28. The van der Waals surface area contributed by atoms with Crippen molar-refractivity contribution in [3.8, 4) is 6.07 Å². The number of benzene rings is 1. The Hall–Kier alpha value is -1.33. The van der Waals surface area contributed by atoms with Crippen molar-refractivity contribution in [1.29, 1.82) is 5.26 Å². The van der Waals surface area contributed by atoms with Crippen LogP contribution in [0.2, 0.25) is 0 Å². The summed E-state index contributed by atoms with van der Waals surface area (Å²) in [7, 11) is 0. The Balaban J connectivity index is 1.95. The fourth-order valence-electron chi connectivity index (χ4n) is 2.48. The molecule has 0 heterocycles. The number of rotatable bonds is 3. The van der Waals surface area contributed by atoms with E-state index in [9.17, 15) is 0 Å². The van der Waals surface area contributed by atoms with Gasteiger partial charge in [0.05, 0.1) is 24.3 Å². The number of hydrogen-bond acceptors (Lipinski definition) is 2. The van der Waals surface area contributed by atoms with Gasteiger partial charge in [0.15, 0.2) is 0 Å². The first-order chi connectivity index (χ1) is 8.31. The van der Waals surface area contributed by atoms with Crippen LogP contribution in [0, 0.1) is 17.2 Å². The molecule has 1 aliphatic rings. The summed E-state index contributed by atoms with van der Waals surface area (Å²) in [5.74, 6) is 0.651. The molecule has 0 aliphatic heterocycles. The molecule has 0 bridgehead atoms. The normalized spacial score (nSPS) is 24.2. The third-order valence-corrected chi connectivity index (χ3v) is 3.62. The summed E-state index contributed by atoms with van der Waals surface area (Å²) in [4.78, 5) is 0. The van der Waals surface area contributed by atoms with Gasteiger partial charge < -0.3 is 4.74 Å². The zero-order chi connectivity index (χ0) is 12.1. The average Bonchev–Trinajstić information content (AvgIpc) is 2.38. The fraction of sp³-hybridized carbons (Fsp3) is 0.533. The van der Waals surface area contributed by atoms with Crippen LogP contribution in [0.3, 0.4) is 0 Å². The van der Waals surface area contributed by atoms with Crippen LogP contribution in [-0.4, -0.2) is 6.10 Å². The predicted octanol–water partition coefficient (Wildman–Crippen LogP) is 3.65. The number of hydrogen-bond donors (Lipinski definition) is 0. The number of nitrogens with zero attached hydrogens (tertiary/aromatic N) is 1. The summed E-state index contributed by atoms with van der Waals surface area (Å²) >= 11 is 0. The Bertz CT molecular complexity index is 408. The van der Waals surface area contributed by atoms with E-state index in [0.717, 1.165) is 17.5 Å².